The van der Waals surface area contributed by atoms with Crippen LogP contribution in [-0.2, 0) is 9.59 Å². The quantitative estimate of drug-likeness (QED) is 0.167. The average Bonchev–Trinajstić information content (AvgIpc) is 2.94. The molecule has 0 saturated heterocycles. The molecule has 4 rings (SSSR count). The van der Waals surface area contributed by atoms with Gasteiger partial charge < -0.3 is 16.0 Å². The molecule has 4 aromatic rings. The number of hydrogen-bond donors (Lipinski definition) is 3. The van der Waals surface area contributed by atoms with Crippen LogP contribution in [0, 0.1) is 0 Å². The molecule has 0 spiro atoms. The van der Waals surface area contributed by atoms with Crippen LogP contribution in [0.5, 0.6) is 0 Å². The highest BCUT2D eigenvalue weighted by Crippen LogP contribution is 2.22. The molecule has 0 saturated carbocycles. The molecular formula is C30H24ClN3O3S. The van der Waals surface area contributed by atoms with Crippen molar-refractivity contribution >= 4 is 58.5 Å². The van der Waals surface area contributed by atoms with Gasteiger partial charge in [0.1, 0.15) is 5.70 Å². The van der Waals surface area contributed by atoms with Gasteiger partial charge in [-0.05, 0) is 72.3 Å². The third-order valence-electron chi connectivity index (χ3n) is 5.25. The lowest BCUT2D eigenvalue weighted by molar-refractivity contribution is -0.114. The lowest BCUT2D eigenvalue weighted by atomic mass is 10.1. The van der Waals surface area contributed by atoms with E-state index >= 15 is 0 Å². The van der Waals surface area contributed by atoms with E-state index in [-0.39, 0.29) is 23.3 Å². The predicted octanol–water partition coefficient (Wildman–Crippen LogP) is 6.48. The maximum atomic E-state index is 13.1. The Morgan fingerprint density at radius 2 is 1.29 bits per heavy atom. The van der Waals surface area contributed by atoms with Crippen LogP contribution in [0.4, 0.5) is 11.4 Å². The molecule has 0 bridgehead atoms. The standard InChI is InChI=1S/C30H24ClN3O3S/c31-23-11-13-24(14-12-23)32-28(35)20-38-26-17-15-25(16-18-26)33-30(37)27(19-21-7-3-1-4-8-21)34-29(36)22-9-5-2-6-10-22/h1-19H,20H2,(H,32,35)(H,33,37)(H,34,36)/b27-19-. The van der Waals surface area contributed by atoms with Crippen LogP contribution in [0.25, 0.3) is 6.08 Å². The summed E-state index contributed by atoms with van der Waals surface area (Å²) in [7, 11) is 0. The second kappa shape index (κ2) is 13.3. The Balaban J connectivity index is 1.38. The van der Waals surface area contributed by atoms with E-state index in [4.69, 9.17) is 11.6 Å². The van der Waals surface area contributed by atoms with E-state index in [0.717, 1.165) is 10.5 Å². The van der Waals surface area contributed by atoms with Crippen LogP contribution < -0.4 is 16.0 Å². The summed E-state index contributed by atoms with van der Waals surface area (Å²) in [6, 6.07) is 32.0. The Morgan fingerprint density at radius 3 is 1.95 bits per heavy atom. The van der Waals surface area contributed by atoms with E-state index in [0.29, 0.717) is 22.0 Å². The van der Waals surface area contributed by atoms with E-state index in [1.54, 1.807) is 66.7 Å². The molecule has 190 valence electrons. The van der Waals surface area contributed by atoms with E-state index in [1.165, 1.54) is 11.8 Å². The molecule has 8 heteroatoms. The first-order valence-electron chi connectivity index (χ1n) is 11.7. The van der Waals surface area contributed by atoms with Crippen molar-refractivity contribution in [2.24, 2.45) is 0 Å². The molecule has 3 amide bonds. The van der Waals surface area contributed by atoms with Gasteiger partial charge in [-0.25, -0.2) is 0 Å². The molecule has 4 aromatic carbocycles. The van der Waals surface area contributed by atoms with Crippen LogP contribution in [-0.4, -0.2) is 23.5 Å². The minimum absolute atomic E-state index is 0.113. The number of anilines is 2. The minimum Gasteiger partial charge on any atom is -0.325 e. The molecule has 0 atom stereocenters. The van der Waals surface area contributed by atoms with E-state index in [2.05, 4.69) is 16.0 Å². The van der Waals surface area contributed by atoms with Crippen LogP contribution in [0.15, 0.2) is 120 Å². The first-order chi connectivity index (χ1) is 18.5. The lowest BCUT2D eigenvalue weighted by Gasteiger charge is -2.12. The van der Waals surface area contributed by atoms with E-state index < -0.39 is 5.91 Å². The normalized spacial score (nSPS) is 10.9. The van der Waals surface area contributed by atoms with E-state index in [9.17, 15) is 14.4 Å². The summed E-state index contributed by atoms with van der Waals surface area (Å²) in [5.74, 6) is -0.754. The Bertz CT molecular complexity index is 1430. The van der Waals surface area contributed by atoms with Gasteiger partial charge in [0, 0.05) is 26.9 Å². The molecule has 0 fully saturated rings. The first kappa shape index (κ1) is 26.7. The third-order valence-corrected chi connectivity index (χ3v) is 6.51. The summed E-state index contributed by atoms with van der Waals surface area (Å²) >= 11 is 7.24. The van der Waals surface area contributed by atoms with Gasteiger partial charge in [0.2, 0.25) is 5.91 Å². The van der Waals surface area contributed by atoms with Crippen molar-refractivity contribution in [1.29, 1.82) is 0 Å². The van der Waals surface area contributed by atoms with E-state index in [1.807, 2.05) is 48.5 Å². The molecule has 38 heavy (non-hydrogen) atoms. The third kappa shape index (κ3) is 8.09. The van der Waals surface area contributed by atoms with Crippen LogP contribution in [0.1, 0.15) is 15.9 Å². The second-order valence-electron chi connectivity index (χ2n) is 8.11. The van der Waals surface area contributed by atoms with Gasteiger partial charge >= 0.3 is 0 Å². The average molecular weight is 542 g/mol. The molecule has 3 N–H and O–H groups in total. The number of benzene rings is 4. The summed E-state index contributed by atoms with van der Waals surface area (Å²) in [6.45, 7) is 0. The maximum Gasteiger partial charge on any atom is 0.272 e. The van der Waals surface area contributed by atoms with Crippen molar-refractivity contribution in [2.75, 3.05) is 16.4 Å². The number of carbonyl (C=O) groups is 3. The fourth-order valence-electron chi connectivity index (χ4n) is 3.37. The summed E-state index contributed by atoms with van der Waals surface area (Å²) < 4.78 is 0. The van der Waals surface area contributed by atoms with Crippen molar-refractivity contribution in [3.63, 3.8) is 0 Å². The topological polar surface area (TPSA) is 87.3 Å². The van der Waals surface area contributed by atoms with Crippen molar-refractivity contribution in [1.82, 2.24) is 5.32 Å². The molecular weight excluding hydrogens is 518 g/mol. The molecule has 0 aliphatic heterocycles. The van der Waals surface area contributed by atoms with Crippen LogP contribution in [0.2, 0.25) is 5.02 Å². The predicted molar refractivity (Wildman–Crippen MR) is 154 cm³/mol. The Kier molecular flexibility index (Phi) is 9.34. The van der Waals surface area contributed by atoms with Gasteiger partial charge in [-0.15, -0.1) is 11.8 Å². The molecule has 0 unspecified atom stereocenters. The van der Waals surface area contributed by atoms with Crippen LogP contribution in [0.3, 0.4) is 0 Å². The molecule has 0 aromatic heterocycles. The van der Waals surface area contributed by atoms with Gasteiger partial charge in [0.15, 0.2) is 0 Å². The van der Waals surface area contributed by atoms with Crippen LogP contribution >= 0.6 is 23.4 Å². The largest absolute Gasteiger partial charge is 0.325 e. The summed E-state index contributed by atoms with van der Waals surface area (Å²) in [6.07, 6.45) is 1.62. The molecule has 0 aliphatic rings. The highest BCUT2D eigenvalue weighted by atomic mass is 35.5. The monoisotopic (exact) mass is 541 g/mol. The summed E-state index contributed by atoms with van der Waals surface area (Å²) in [5, 5.41) is 8.97. The van der Waals surface area contributed by atoms with Gasteiger partial charge in [-0.2, -0.15) is 0 Å². The number of carbonyl (C=O) groups excluding carboxylic acids is 3. The Labute approximate surface area is 230 Å². The first-order valence-corrected chi connectivity index (χ1v) is 13.1. The number of nitrogens with one attached hydrogen (secondary N) is 3. The number of halogens is 1. The highest BCUT2D eigenvalue weighted by molar-refractivity contribution is 8.00. The zero-order chi connectivity index (χ0) is 26.7. The van der Waals surface area contributed by atoms with Gasteiger partial charge in [-0.3, -0.25) is 14.4 Å². The SMILES string of the molecule is O=C(CSc1ccc(NC(=O)/C(=C/c2ccccc2)NC(=O)c2ccccc2)cc1)Nc1ccc(Cl)cc1. The number of amides is 3. The lowest BCUT2D eigenvalue weighted by Crippen LogP contribution is -2.30. The zero-order valence-corrected chi connectivity index (χ0v) is 21.8. The van der Waals surface area contributed by atoms with Crippen molar-refractivity contribution < 1.29 is 14.4 Å². The van der Waals surface area contributed by atoms with Gasteiger partial charge in [-0.1, -0.05) is 60.1 Å². The van der Waals surface area contributed by atoms with Crippen molar-refractivity contribution in [3.05, 3.63) is 131 Å². The maximum absolute atomic E-state index is 13.1. The molecule has 0 aliphatic carbocycles. The summed E-state index contributed by atoms with van der Waals surface area (Å²) in [5.41, 5.74) is 2.56. The summed E-state index contributed by atoms with van der Waals surface area (Å²) in [4.78, 5) is 39.0. The molecule has 0 heterocycles. The van der Waals surface area contributed by atoms with Gasteiger partial charge in [0.05, 0.1) is 5.75 Å². The second-order valence-corrected chi connectivity index (χ2v) is 9.60. The number of thioether (sulfide) groups is 1. The fraction of sp³-hybridized carbons (Fsp3) is 0.0333. The van der Waals surface area contributed by atoms with Crippen molar-refractivity contribution in [3.8, 4) is 0 Å². The zero-order valence-electron chi connectivity index (χ0n) is 20.2. The van der Waals surface area contributed by atoms with Gasteiger partial charge in [0.25, 0.3) is 11.8 Å². The minimum atomic E-state index is -0.458. The number of hydrogen-bond acceptors (Lipinski definition) is 4. The highest BCUT2D eigenvalue weighted by Gasteiger charge is 2.15. The molecule has 6 nitrogen and oxygen atoms in total. The smallest absolute Gasteiger partial charge is 0.272 e. The molecule has 0 radical (unpaired) electrons. The number of rotatable bonds is 9. The Hall–Kier alpha value is -4.33. The van der Waals surface area contributed by atoms with Crippen molar-refractivity contribution in [2.45, 2.75) is 4.90 Å². The fourth-order valence-corrected chi connectivity index (χ4v) is 4.19. The Morgan fingerprint density at radius 1 is 0.711 bits per heavy atom.